The summed E-state index contributed by atoms with van der Waals surface area (Å²) in [5.41, 5.74) is 1.88. The Morgan fingerprint density at radius 1 is 0.889 bits per heavy atom. The maximum atomic E-state index is 12.8. The zero-order valence-electron chi connectivity index (χ0n) is 14.4. The molecular weight excluding hydrogens is 428 g/mol. The third kappa shape index (κ3) is 4.75. The van der Waals surface area contributed by atoms with Crippen molar-refractivity contribution in [3.8, 4) is 0 Å². The fourth-order valence-corrected chi connectivity index (χ4v) is 4.25. The molecule has 5 nitrogen and oxygen atoms in total. The van der Waals surface area contributed by atoms with Crippen molar-refractivity contribution in [3.63, 3.8) is 0 Å². The molecule has 27 heavy (non-hydrogen) atoms. The van der Waals surface area contributed by atoms with E-state index in [1.54, 1.807) is 67.6 Å². The van der Waals surface area contributed by atoms with Crippen LogP contribution in [0, 0.1) is 6.92 Å². The molecule has 0 saturated heterocycles. The molecule has 1 amide bonds. The van der Waals surface area contributed by atoms with Crippen molar-refractivity contribution >= 4 is 43.2 Å². The molecule has 2 N–H and O–H groups in total. The maximum Gasteiger partial charge on any atom is 0.262 e. The molecule has 0 aromatic heterocycles. The standard InChI is InChI=1S/C20H17BrN2O3S/c1-14-10-11-15(20(24)22-18-9-5-6-16(21)13-18)12-19(14)27(25,26)23-17-7-3-2-4-8-17/h2-13,23H,1H3,(H,22,24). The minimum absolute atomic E-state index is 0.0632. The summed E-state index contributed by atoms with van der Waals surface area (Å²) in [6, 6.07) is 20.4. The van der Waals surface area contributed by atoms with Gasteiger partial charge in [0.05, 0.1) is 4.90 Å². The van der Waals surface area contributed by atoms with Gasteiger partial charge >= 0.3 is 0 Å². The predicted molar refractivity (Wildman–Crippen MR) is 111 cm³/mol. The fourth-order valence-electron chi connectivity index (χ4n) is 2.52. The van der Waals surface area contributed by atoms with Gasteiger partial charge in [0, 0.05) is 21.4 Å². The van der Waals surface area contributed by atoms with Crippen molar-refractivity contribution in [2.24, 2.45) is 0 Å². The lowest BCUT2D eigenvalue weighted by Gasteiger charge is -2.12. The fraction of sp³-hybridized carbons (Fsp3) is 0.0500. The number of aryl methyl sites for hydroxylation is 1. The van der Waals surface area contributed by atoms with E-state index in [2.05, 4.69) is 26.0 Å². The largest absolute Gasteiger partial charge is 0.322 e. The van der Waals surface area contributed by atoms with Crippen LogP contribution in [0.25, 0.3) is 0 Å². The Bertz CT molecular complexity index is 1080. The maximum absolute atomic E-state index is 12.8. The third-order valence-electron chi connectivity index (χ3n) is 3.85. The second-order valence-corrected chi connectivity index (χ2v) is 8.48. The number of anilines is 2. The molecule has 0 radical (unpaired) electrons. The van der Waals surface area contributed by atoms with Gasteiger partial charge in [-0.3, -0.25) is 9.52 Å². The number of halogens is 1. The van der Waals surface area contributed by atoms with Gasteiger partial charge in [0.25, 0.3) is 15.9 Å². The number of carbonyl (C=O) groups is 1. The van der Waals surface area contributed by atoms with Gasteiger partial charge in [-0.15, -0.1) is 0 Å². The van der Waals surface area contributed by atoms with E-state index in [9.17, 15) is 13.2 Å². The average Bonchev–Trinajstić information content (AvgIpc) is 2.62. The highest BCUT2D eigenvalue weighted by Gasteiger charge is 2.19. The zero-order chi connectivity index (χ0) is 19.4. The zero-order valence-corrected chi connectivity index (χ0v) is 16.8. The molecule has 0 heterocycles. The first kappa shape index (κ1) is 19.1. The van der Waals surface area contributed by atoms with Gasteiger partial charge in [0.1, 0.15) is 0 Å². The molecule has 0 fully saturated rings. The second-order valence-electron chi connectivity index (χ2n) is 5.92. The van der Waals surface area contributed by atoms with Gasteiger partial charge in [0.15, 0.2) is 0 Å². The van der Waals surface area contributed by atoms with E-state index >= 15 is 0 Å². The highest BCUT2D eigenvalue weighted by atomic mass is 79.9. The number of amides is 1. The molecule has 0 aliphatic carbocycles. The molecule has 0 atom stereocenters. The van der Waals surface area contributed by atoms with Crippen LogP contribution in [0.3, 0.4) is 0 Å². The first-order chi connectivity index (χ1) is 12.8. The number of sulfonamides is 1. The number of rotatable bonds is 5. The van der Waals surface area contributed by atoms with Gasteiger partial charge < -0.3 is 5.32 Å². The Kier molecular flexibility index (Phi) is 5.62. The lowest BCUT2D eigenvalue weighted by Crippen LogP contribution is -2.17. The van der Waals surface area contributed by atoms with Crippen LogP contribution in [-0.4, -0.2) is 14.3 Å². The van der Waals surface area contributed by atoms with Crippen LogP contribution >= 0.6 is 15.9 Å². The lowest BCUT2D eigenvalue weighted by atomic mass is 10.1. The number of para-hydroxylation sites is 1. The molecule has 0 spiro atoms. The van der Waals surface area contributed by atoms with Gasteiger partial charge in [-0.25, -0.2) is 8.42 Å². The summed E-state index contributed by atoms with van der Waals surface area (Å²) in [6.07, 6.45) is 0. The molecule has 0 aliphatic rings. The SMILES string of the molecule is Cc1ccc(C(=O)Nc2cccc(Br)c2)cc1S(=O)(=O)Nc1ccccc1. The van der Waals surface area contributed by atoms with E-state index < -0.39 is 10.0 Å². The Morgan fingerprint density at radius 3 is 2.30 bits per heavy atom. The van der Waals surface area contributed by atoms with E-state index in [0.717, 1.165) is 4.47 Å². The summed E-state index contributed by atoms with van der Waals surface area (Å²) in [5.74, 6) is -0.385. The van der Waals surface area contributed by atoms with Crippen LogP contribution in [0.15, 0.2) is 82.2 Å². The quantitative estimate of drug-likeness (QED) is 0.592. The highest BCUT2D eigenvalue weighted by molar-refractivity contribution is 9.10. The monoisotopic (exact) mass is 444 g/mol. The van der Waals surface area contributed by atoms with Crippen LogP contribution < -0.4 is 10.0 Å². The molecular formula is C20H17BrN2O3S. The number of carbonyl (C=O) groups excluding carboxylic acids is 1. The van der Waals surface area contributed by atoms with Crippen LogP contribution in [-0.2, 0) is 10.0 Å². The Balaban J connectivity index is 1.88. The second kappa shape index (κ2) is 7.94. The molecule has 3 rings (SSSR count). The summed E-state index contributed by atoms with van der Waals surface area (Å²) in [7, 11) is -3.82. The van der Waals surface area contributed by atoms with Gasteiger partial charge in [-0.05, 0) is 55.0 Å². The first-order valence-electron chi connectivity index (χ1n) is 8.10. The smallest absolute Gasteiger partial charge is 0.262 e. The molecule has 7 heteroatoms. The summed E-state index contributed by atoms with van der Waals surface area (Å²) < 4.78 is 28.9. The Labute approximate surface area is 166 Å². The van der Waals surface area contributed by atoms with Crippen molar-refractivity contribution < 1.29 is 13.2 Å². The molecule has 3 aromatic carbocycles. The van der Waals surface area contributed by atoms with E-state index in [0.29, 0.717) is 16.9 Å². The van der Waals surface area contributed by atoms with Crippen LogP contribution in [0.5, 0.6) is 0 Å². The van der Waals surface area contributed by atoms with E-state index in [-0.39, 0.29) is 16.4 Å². The summed E-state index contributed by atoms with van der Waals surface area (Å²) >= 11 is 3.35. The minimum Gasteiger partial charge on any atom is -0.322 e. The lowest BCUT2D eigenvalue weighted by molar-refractivity contribution is 0.102. The van der Waals surface area contributed by atoms with Crippen LogP contribution in [0.2, 0.25) is 0 Å². The third-order valence-corrected chi connectivity index (χ3v) is 5.86. The van der Waals surface area contributed by atoms with Crippen molar-refractivity contribution in [3.05, 3.63) is 88.4 Å². The van der Waals surface area contributed by atoms with Crippen molar-refractivity contribution in [2.45, 2.75) is 11.8 Å². The number of hydrogen-bond acceptors (Lipinski definition) is 3. The van der Waals surface area contributed by atoms with E-state index in [1.807, 2.05) is 6.07 Å². The Hall–Kier alpha value is -2.64. The number of hydrogen-bond donors (Lipinski definition) is 2. The average molecular weight is 445 g/mol. The minimum atomic E-state index is -3.82. The molecule has 0 aliphatic heterocycles. The summed E-state index contributed by atoms with van der Waals surface area (Å²) in [4.78, 5) is 12.6. The first-order valence-corrected chi connectivity index (χ1v) is 10.4. The number of nitrogens with one attached hydrogen (secondary N) is 2. The van der Waals surface area contributed by atoms with Crippen LogP contribution in [0.4, 0.5) is 11.4 Å². The summed E-state index contributed by atoms with van der Waals surface area (Å²) in [6.45, 7) is 1.69. The van der Waals surface area contributed by atoms with Crippen molar-refractivity contribution in [2.75, 3.05) is 10.0 Å². The molecule has 0 bridgehead atoms. The van der Waals surface area contributed by atoms with E-state index in [4.69, 9.17) is 0 Å². The molecule has 138 valence electrons. The van der Waals surface area contributed by atoms with Crippen LogP contribution in [0.1, 0.15) is 15.9 Å². The van der Waals surface area contributed by atoms with Crippen molar-refractivity contribution in [1.82, 2.24) is 0 Å². The number of benzene rings is 3. The topological polar surface area (TPSA) is 75.3 Å². The van der Waals surface area contributed by atoms with Gasteiger partial charge in [-0.2, -0.15) is 0 Å². The van der Waals surface area contributed by atoms with Gasteiger partial charge in [0.2, 0.25) is 0 Å². The normalized spacial score (nSPS) is 11.0. The van der Waals surface area contributed by atoms with Gasteiger partial charge in [-0.1, -0.05) is 46.3 Å². The van der Waals surface area contributed by atoms with Crippen molar-refractivity contribution in [1.29, 1.82) is 0 Å². The summed E-state index contributed by atoms with van der Waals surface area (Å²) in [5, 5.41) is 2.76. The highest BCUT2D eigenvalue weighted by Crippen LogP contribution is 2.22. The molecule has 0 saturated carbocycles. The van der Waals surface area contributed by atoms with E-state index in [1.165, 1.54) is 6.07 Å². The predicted octanol–water partition coefficient (Wildman–Crippen LogP) is 4.81. The Morgan fingerprint density at radius 2 is 1.59 bits per heavy atom. The molecule has 0 unspecified atom stereocenters. The molecule has 3 aromatic rings.